The summed E-state index contributed by atoms with van der Waals surface area (Å²) < 4.78 is 35.1. The van der Waals surface area contributed by atoms with Crippen LogP contribution in [0, 0.1) is 5.82 Å². The Morgan fingerprint density at radius 1 is 1.15 bits per heavy atom. The number of carbonyl (C=O) groups is 2. The van der Waals surface area contributed by atoms with Crippen LogP contribution >= 0.6 is 0 Å². The summed E-state index contributed by atoms with van der Waals surface area (Å²) >= 11 is 0. The van der Waals surface area contributed by atoms with Gasteiger partial charge in [0.2, 0.25) is 0 Å². The Hall–Kier alpha value is -2.61. The zero-order valence-electron chi connectivity index (χ0n) is 15.3. The highest BCUT2D eigenvalue weighted by atomic mass is 19.1. The van der Waals surface area contributed by atoms with Gasteiger partial charge >= 0.3 is 11.9 Å². The molecule has 0 N–H and O–H groups in total. The summed E-state index contributed by atoms with van der Waals surface area (Å²) in [6, 6.07) is 4.06. The molecule has 1 fully saturated rings. The molecule has 1 heterocycles. The Morgan fingerprint density at radius 3 is 2.52 bits per heavy atom. The number of carbonyl (C=O) groups excluding carboxylic acids is 2. The van der Waals surface area contributed by atoms with Crippen molar-refractivity contribution in [2.45, 2.75) is 31.8 Å². The first-order valence-corrected chi connectivity index (χ1v) is 8.76. The summed E-state index contributed by atoms with van der Waals surface area (Å²) in [5.41, 5.74) is 0.257. The molecule has 1 saturated carbocycles. The molecule has 0 bridgehead atoms. The van der Waals surface area contributed by atoms with E-state index < -0.39 is 17.8 Å². The summed E-state index contributed by atoms with van der Waals surface area (Å²) in [6.45, 7) is -0.169. The van der Waals surface area contributed by atoms with Gasteiger partial charge in [0, 0.05) is 6.07 Å². The summed E-state index contributed by atoms with van der Waals surface area (Å²) in [5, 5.41) is 0. The van der Waals surface area contributed by atoms with Crippen molar-refractivity contribution in [1.29, 1.82) is 0 Å². The first-order chi connectivity index (χ1) is 13.0. The normalized spacial score (nSPS) is 17.8. The number of rotatable bonds is 5. The quantitative estimate of drug-likeness (QED) is 0.728. The molecule has 0 amide bonds. The molecule has 146 valence electrons. The molecule has 7 nitrogen and oxygen atoms in total. The van der Waals surface area contributed by atoms with Crippen LogP contribution < -0.4 is 9.64 Å². The van der Waals surface area contributed by atoms with E-state index in [1.54, 1.807) is 0 Å². The monoisotopic (exact) mass is 379 g/mol. The van der Waals surface area contributed by atoms with Gasteiger partial charge in [0.1, 0.15) is 24.0 Å². The third kappa shape index (κ3) is 4.05. The van der Waals surface area contributed by atoms with E-state index in [9.17, 15) is 14.0 Å². The van der Waals surface area contributed by atoms with Gasteiger partial charge in [0.05, 0.1) is 38.2 Å². The maximum atomic E-state index is 14.0. The van der Waals surface area contributed by atoms with Gasteiger partial charge in [-0.25, -0.2) is 14.0 Å². The lowest BCUT2D eigenvalue weighted by Gasteiger charge is -2.32. The smallest absolute Gasteiger partial charge is 0.355 e. The average Bonchev–Trinajstić information content (AvgIpc) is 3.20. The summed E-state index contributed by atoms with van der Waals surface area (Å²) in [6.07, 6.45) is 4.02. The number of hydrogen-bond acceptors (Lipinski definition) is 7. The van der Waals surface area contributed by atoms with Gasteiger partial charge in [-0.3, -0.25) is 0 Å². The Morgan fingerprint density at radius 2 is 1.85 bits per heavy atom. The van der Waals surface area contributed by atoms with Crippen molar-refractivity contribution < 1.29 is 32.9 Å². The largest absolute Gasteiger partial charge is 0.488 e. The number of halogens is 1. The van der Waals surface area contributed by atoms with E-state index in [1.165, 1.54) is 37.3 Å². The molecule has 0 spiro atoms. The lowest BCUT2D eigenvalue weighted by Crippen LogP contribution is -2.39. The molecule has 0 atom stereocenters. The molecule has 2 aliphatic rings. The summed E-state index contributed by atoms with van der Waals surface area (Å²) in [5.74, 6) is -1.54. The van der Waals surface area contributed by atoms with Gasteiger partial charge in [0.15, 0.2) is 0 Å². The topological polar surface area (TPSA) is 74.3 Å². The van der Waals surface area contributed by atoms with Crippen molar-refractivity contribution in [2.24, 2.45) is 0 Å². The maximum absolute atomic E-state index is 14.0. The van der Waals surface area contributed by atoms with Gasteiger partial charge in [-0.05, 0) is 37.8 Å². The van der Waals surface area contributed by atoms with E-state index in [2.05, 4.69) is 0 Å². The molecule has 3 rings (SSSR count). The molecule has 0 unspecified atom stereocenters. The molecule has 0 radical (unpaired) electrons. The number of esters is 2. The minimum Gasteiger partial charge on any atom is -0.488 e. The molecule has 1 aliphatic carbocycles. The number of hydrogen-bond donors (Lipinski definition) is 0. The molecule has 1 aliphatic heterocycles. The van der Waals surface area contributed by atoms with Crippen LogP contribution in [0.5, 0.6) is 5.75 Å². The number of anilines is 1. The van der Waals surface area contributed by atoms with Crippen molar-refractivity contribution in [3.8, 4) is 5.75 Å². The van der Waals surface area contributed by atoms with Crippen LogP contribution in [0.4, 0.5) is 10.1 Å². The number of benzene rings is 1. The molecule has 8 heteroatoms. The Labute approximate surface area is 156 Å². The SMILES string of the molecule is COC(=O)C1=C(C(=O)OC)N(c2cc(F)ccc2OC2CCCC2)COC1. The second-order valence-corrected chi connectivity index (χ2v) is 6.35. The fraction of sp³-hybridized carbons (Fsp3) is 0.474. The first-order valence-electron chi connectivity index (χ1n) is 8.76. The minimum absolute atomic E-state index is 0.00618. The predicted octanol–water partition coefficient (Wildman–Crippen LogP) is 2.54. The van der Waals surface area contributed by atoms with Crippen molar-refractivity contribution in [3.05, 3.63) is 35.3 Å². The molecule has 0 aromatic heterocycles. The zero-order chi connectivity index (χ0) is 19.4. The fourth-order valence-electron chi connectivity index (χ4n) is 3.32. The number of nitrogens with zero attached hydrogens (tertiary/aromatic N) is 1. The van der Waals surface area contributed by atoms with Crippen LogP contribution in [0.15, 0.2) is 29.5 Å². The minimum atomic E-state index is -0.741. The fourth-order valence-corrected chi connectivity index (χ4v) is 3.32. The highest BCUT2D eigenvalue weighted by Gasteiger charge is 2.34. The van der Waals surface area contributed by atoms with Crippen molar-refractivity contribution >= 4 is 17.6 Å². The van der Waals surface area contributed by atoms with E-state index in [0.717, 1.165) is 25.7 Å². The lowest BCUT2D eigenvalue weighted by atomic mass is 10.1. The van der Waals surface area contributed by atoms with Gasteiger partial charge in [-0.2, -0.15) is 0 Å². The van der Waals surface area contributed by atoms with Crippen LogP contribution in [0.1, 0.15) is 25.7 Å². The van der Waals surface area contributed by atoms with E-state index >= 15 is 0 Å². The van der Waals surface area contributed by atoms with Gasteiger partial charge in [0.25, 0.3) is 0 Å². The number of methoxy groups -OCH3 is 2. The van der Waals surface area contributed by atoms with Crippen LogP contribution in [0.25, 0.3) is 0 Å². The van der Waals surface area contributed by atoms with E-state index in [0.29, 0.717) is 11.4 Å². The second-order valence-electron chi connectivity index (χ2n) is 6.35. The van der Waals surface area contributed by atoms with Gasteiger partial charge in [-0.1, -0.05) is 0 Å². The van der Waals surface area contributed by atoms with Crippen molar-refractivity contribution in [3.63, 3.8) is 0 Å². The highest BCUT2D eigenvalue weighted by Crippen LogP contribution is 2.37. The van der Waals surface area contributed by atoms with E-state index in [1.807, 2.05) is 0 Å². The van der Waals surface area contributed by atoms with E-state index in [4.69, 9.17) is 18.9 Å². The summed E-state index contributed by atoms with van der Waals surface area (Å²) in [4.78, 5) is 25.9. The Kier molecular flexibility index (Phi) is 5.95. The molecule has 0 saturated heterocycles. The zero-order valence-corrected chi connectivity index (χ0v) is 15.3. The standard InChI is InChI=1S/C19H22FNO6/c1-24-18(22)14-10-26-11-21(17(14)19(23)25-2)15-9-12(20)7-8-16(15)27-13-5-3-4-6-13/h7-9,13H,3-6,10-11H2,1-2H3. The van der Waals surface area contributed by atoms with Gasteiger partial charge < -0.3 is 23.8 Å². The van der Waals surface area contributed by atoms with E-state index in [-0.39, 0.29) is 30.7 Å². The second kappa shape index (κ2) is 8.39. The van der Waals surface area contributed by atoms with Crippen molar-refractivity contribution in [1.82, 2.24) is 0 Å². The lowest BCUT2D eigenvalue weighted by molar-refractivity contribution is -0.140. The Balaban J connectivity index is 2.05. The van der Waals surface area contributed by atoms with Gasteiger partial charge in [-0.15, -0.1) is 0 Å². The number of ether oxygens (including phenoxy) is 4. The molecular weight excluding hydrogens is 357 g/mol. The summed E-state index contributed by atoms with van der Waals surface area (Å²) in [7, 11) is 2.42. The maximum Gasteiger partial charge on any atom is 0.355 e. The van der Waals surface area contributed by atoms with Crippen LogP contribution in [-0.4, -0.2) is 45.6 Å². The average molecular weight is 379 g/mol. The molecule has 1 aromatic carbocycles. The van der Waals surface area contributed by atoms with Crippen LogP contribution in [0.2, 0.25) is 0 Å². The van der Waals surface area contributed by atoms with Crippen LogP contribution in [-0.2, 0) is 23.8 Å². The first kappa shape index (κ1) is 19.2. The highest BCUT2D eigenvalue weighted by molar-refractivity contribution is 6.03. The van der Waals surface area contributed by atoms with Crippen LogP contribution in [0.3, 0.4) is 0 Å². The third-order valence-corrected chi connectivity index (χ3v) is 4.64. The molecular formula is C19H22FNO6. The third-order valence-electron chi connectivity index (χ3n) is 4.64. The molecule has 27 heavy (non-hydrogen) atoms. The van der Waals surface area contributed by atoms with Crippen molar-refractivity contribution in [2.75, 3.05) is 32.5 Å². The Bertz CT molecular complexity index is 757. The molecule has 1 aromatic rings. The predicted molar refractivity (Wildman–Crippen MR) is 93.6 cm³/mol.